The van der Waals surface area contributed by atoms with Crippen LogP contribution in [0.25, 0.3) is 0 Å². The summed E-state index contributed by atoms with van der Waals surface area (Å²) in [5.41, 5.74) is 6.33. The number of hydrogen-bond acceptors (Lipinski definition) is 5. The summed E-state index contributed by atoms with van der Waals surface area (Å²) in [6, 6.07) is 11.0. The molecular formula is C11H12N4O. The van der Waals surface area contributed by atoms with Gasteiger partial charge in [0.15, 0.2) is 5.82 Å². The Morgan fingerprint density at radius 3 is 2.75 bits per heavy atom. The first kappa shape index (κ1) is 10.2. The highest BCUT2D eigenvalue weighted by Gasteiger charge is 1.98. The summed E-state index contributed by atoms with van der Waals surface area (Å²) in [6.07, 6.45) is 0. The zero-order valence-corrected chi connectivity index (χ0v) is 8.84. The van der Waals surface area contributed by atoms with E-state index in [1.807, 2.05) is 24.3 Å². The van der Waals surface area contributed by atoms with Gasteiger partial charge in [-0.25, -0.2) is 0 Å². The molecule has 0 aliphatic heterocycles. The largest absolute Gasteiger partial charge is 0.497 e. The molecule has 0 amide bonds. The number of methoxy groups -OCH3 is 1. The van der Waals surface area contributed by atoms with Crippen molar-refractivity contribution >= 4 is 17.3 Å². The maximum absolute atomic E-state index is 5.44. The first-order chi connectivity index (χ1) is 7.78. The van der Waals surface area contributed by atoms with Gasteiger partial charge in [0.25, 0.3) is 0 Å². The van der Waals surface area contributed by atoms with Crippen molar-refractivity contribution in [2.45, 2.75) is 0 Å². The van der Waals surface area contributed by atoms with Crippen LogP contribution in [0.4, 0.5) is 17.3 Å². The molecule has 0 saturated heterocycles. The van der Waals surface area contributed by atoms with Gasteiger partial charge in [-0.2, -0.15) is 0 Å². The van der Waals surface area contributed by atoms with Crippen LogP contribution in [0.1, 0.15) is 0 Å². The third-order valence-corrected chi connectivity index (χ3v) is 2.03. The lowest BCUT2D eigenvalue weighted by Crippen LogP contribution is -1.98. The van der Waals surface area contributed by atoms with E-state index < -0.39 is 0 Å². The molecule has 1 aromatic carbocycles. The van der Waals surface area contributed by atoms with Gasteiger partial charge in [-0.15, -0.1) is 10.2 Å². The van der Waals surface area contributed by atoms with E-state index in [1.54, 1.807) is 19.2 Å². The van der Waals surface area contributed by atoms with Crippen molar-refractivity contribution in [2.75, 3.05) is 18.2 Å². The molecule has 0 aliphatic rings. The monoisotopic (exact) mass is 216 g/mol. The minimum atomic E-state index is 0.399. The van der Waals surface area contributed by atoms with Crippen LogP contribution in [-0.2, 0) is 0 Å². The summed E-state index contributed by atoms with van der Waals surface area (Å²) in [7, 11) is 1.63. The molecule has 82 valence electrons. The van der Waals surface area contributed by atoms with Gasteiger partial charge in [-0.05, 0) is 24.3 Å². The molecule has 16 heavy (non-hydrogen) atoms. The second-order valence-corrected chi connectivity index (χ2v) is 3.20. The highest BCUT2D eigenvalue weighted by Crippen LogP contribution is 2.19. The third-order valence-electron chi connectivity index (χ3n) is 2.03. The zero-order valence-electron chi connectivity index (χ0n) is 8.84. The lowest BCUT2D eigenvalue weighted by atomic mass is 10.3. The fourth-order valence-corrected chi connectivity index (χ4v) is 1.26. The van der Waals surface area contributed by atoms with E-state index in [1.165, 1.54) is 0 Å². The van der Waals surface area contributed by atoms with Gasteiger partial charge in [-0.3, -0.25) is 0 Å². The van der Waals surface area contributed by atoms with Crippen molar-refractivity contribution in [3.8, 4) is 5.75 Å². The molecule has 5 heteroatoms. The van der Waals surface area contributed by atoms with Crippen molar-refractivity contribution in [3.63, 3.8) is 0 Å². The Labute approximate surface area is 93.3 Å². The second-order valence-electron chi connectivity index (χ2n) is 3.20. The Morgan fingerprint density at radius 2 is 2.06 bits per heavy atom. The molecule has 0 saturated carbocycles. The summed E-state index contributed by atoms with van der Waals surface area (Å²) in [5.74, 6) is 1.83. The molecule has 2 rings (SSSR count). The van der Waals surface area contributed by atoms with E-state index >= 15 is 0 Å². The fraction of sp³-hybridized carbons (Fsp3) is 0.0909. The molecular weight excluding hydrogens is 204 g/mol. The van der Waals surface area contributed by atoms with Crippen molar-refractivity contribution in [1.29, 1.82) is 0 Å². The highest BCUT2D eigenvalue weighted by atomic mass is 16.5. The van der Waals surface area contributed by atoms with E-state index in [0.29, 0.717) is 11.6 Å². The van der Waals surface area contributed by atoms with Gasteiger partial charge >= 0.3 is 0 Å². The Morgan fingerprint density at radius 1 is 1.19 bits per heavy atom. The van der Waals surface area contributed by atoms with Crippen LogP contribution < -0.4 is 15.8 Å². The van der Waals surface area contributed by atoms with Gasteiger partial charge in [-0.1, -0.05) is 6.07 Å². The summed E-state index contributed by atoms with van der Waals surface area (Å²) < 4.78 is 5.12. The Balaban J connectivity index is 2.16. The van der Waals surface area contributed by atoms with E-state index in [0.717, 1.165) is 11.4 Å². The number of hydrogen-bond donors (Lipinski definition) is 2. The van der Waals surface area contributed by atoms with E-state index in [4.69, 9.17) is 10.5 Å². The third kappa shape index (κ3) is 2.38. The average molecular weight is 216 g/mol. The molecule has 0 aliphatic carbocycles. The molecule has 5 nitrogen and oxygen atoms in total. The number of nitrogens with one attached hydrogen (secondary N) is 1. The SMILES string of the molecule is COc1cccc(Nc2ccc(N)nn2)c1. The molecule has 0 spiro atoms. The first-order valence-corrected chi connectivity index (χ1v) is 4.78. The molecule has 0 atom stereocenters. The van der Waals surface area contributed by atoms with Crippen LogP contribution in [0.2, 0.25) is 0 Å². The van der Waals surface area contributed by atoms with Crippen molar-refractivity contribution in [3.05, 3.63) is 36.4 Å². The van der Waals surface area contributed by atoms with Gasteiger partial charge in [0, 0.05) is 11.8 Å². The smallest absolute Gasteiger partial charge is 0.153 e. The summed E-state index contributed by atoms with van der Waals surface area (Å²) in [5, 5.41) is 10.8. The first-order valence-electron chi connectivity index (χ1n) is 4.78. The van der Waals surface area contributed by atoms with E-state index in [2.05, 4.69) is 15.5 Å². The Bertz CT molecular complexity index is 470. The van der Waals surface area contributed by atoms with Gasteiger partial charge in [0.2, 0.25) is 0 Å². The molecule has 0 bridgehead atoms. The fourth-order valence-electron chi connectivity index (χ4n) is 1.26. The second kappa shape index (κ2) is 4.48. The standard InChI is InChI=1S/C11H12N4O/c1-16-9-4-2-3-8(7-9)13-11-6-5-10(12)14-15-11/h2-7H,1H3,(H2,12,14)(H,13,15). The quantitative estimate of drug-likeness (QED) is 0.818. The number of benzene rings is 1. The molecule has 0 fully saturated rings. The lowest BCUT2D eigenvalue weighted by molar-refractivity contribution is 0.415. The van der Waals surface area contributed by atoms with E-state index in [-0.39, 0.29) is 0 Å². The van der Waals surface area contributed by atoms with E-state index in [9.17, 15) is 0 Å². The zero-order chi connectivity index (χ0) is 11.4. The number of nitrogen functional groups attached to an aromatic ring is 1. The van der Waals surface area contributed by atoms with Crippen LogP contribution in [0, 0.1) is 0 Å². The number of nitrogens with zero attached hydrogens (tertiary/aromatic N) is 2. The van der Waals surface area contributed by atoms with Crippen molar-refractivity contribution < 1.29 is 4.74 Å². The predicted octanol–water partition coefficient (Wildman–Crippen LogP) is 1.81. The highest BCUT2D eigenvalue weighted by molar-refractivity contribution is 5.58. The predicted molar refractivity (Wildman–Crippen MR) is 62.7 cm³/mol. The molecule has 1 heterocycles. The van der Waals surface area contributed by atoms with Crippen LogP contribution in [0.15, 0.2) is 36.4 Å². The summed E-state index contributed by atoms with van der Waals surface area (Å²) >= 11 is 0. The summed E-state index contributed by atoms with van der Waals surface area (Å²) in [4.78, 5) is 0. The van der Waals surface area contributed by atoms with Crippen LogP contribution in [0.3, 0.4) is 0 Å². The van der Waals surface area contributed by atoms with Crippen LogP contribution >= 0.6 is 0 Å². The molecule has 0 radical (unpaired) electrons. The maximum atomic E-state index is 5.44. The van der Waals surface area contributed by atoms with Crippen molar-refractivity contribution in [2.24, 2.45) is 0 Å². The Hall–Kier alpha value is -2.30. The molecule has 1 aromatic heterocycles. The van der Waals surface area contributed by atoms with Gasteiger partial charge < -0.3 is 15.8 Å². The number of nitrogens with two attached hydrogens (primary N) is 1. The molecule has 2 aromatic rings. The number of ether oxygens (including phenoxy) is 1. The topological polar surface area (TPSA) is 73.1 Å². The molecule has 0 unspecified atom stereocenters. The molecule has 3 N–H and O–H groups in total. The maximum Gasteiger partial charge on any atom is 0.153 e. The number of anilines is 3. The number of aromatic nitrogens is 2. The van der Waals surface area contributed by atoms with Crippen molar-refractivity contribution in [1.82, 2.24) is 10.2 Å². The summed E-state index contributed by atoms with van der Waals surface area (Å²) in [6.45, 7) is 0. The minimum Gasteiger partial charge on any atom is -0.497 e. The average Bonchev–Trinajstić information content (AvgIpc) is 2.32. The normalized spacial score (nSPS) is 9.81. The van der Waals surface area contributed by atoms with Gasteiger partial charge in [0.1, 0.15) is 11.6 Å². The minimum absolute atomic E-state index is 0.399. The van der Waals surface area contributed by atoms with Crippen LogP contribution in [-0.4, -0.2) is 17.3 Å². The Kier molecular flexibility index (Phi) is 2.86. The number of rotatable bonds is 3. The van der Waals surface area contributed by atoms with Gasteiger partial charge in [0.05, 0.1) is 7.11 Å². The van der Waals surface area contributed by atoms with Crippen LogP contribution in [0.5, 0.6) is 5.75 Å². The lowest BCUT2D eigenvalue weighted by Gasteiger charge is -2.06.